The molecule has 104 valence electrons. The van der Waals surface area contributed by atoms with Crippen LogP contribution in [0.25, 0.3) is 0 Å². The van der Waals surface area contributed by atoms with Crippen LogP contribution >= 0.6 is 15.9 Å². The summed E-state index contributed by atoms with van der Waals surface area (Å²) in [5.41, 5.74) is 0.853. The van der Waals surface area contributed by atoms with Crippen molar-refractivity contribution in [2.75, 3.05) is 11.9 Å². The van der Waals surface area contributed by atoms with Gasteiger partial charge in [-0.25, -0.2) is 0 Å². The summed E-state index contributed by atoms with van der Waals surface area (Å²) in [4.78, 5) is 23.4. The van der Waals surface area contributed by atoms with Crippen molar-refractivity contribution < 1.29 is 14.3 Å². The number of hydrogen-bond acceptors (Lipinski definition) is 4. The van der Waals surface area contributed by atoms with Gasteiger partial charge in [-0.1, -0.05) is 15.9 Å². The quantitative estimate of drug-likeness (QED) is 0.644. The zero-order valence-electron chi connectivity index (χ0n) is 11.3. The van der Waals surface area contributed by atoms with Gasteiger partial charge in [0.05, 0.1) is 6.61 Å². The maximum Gasteiger partial charge on any atom is 0.318 e. The number of hydrogen-bond donors (Lipinski definition) is 1. The molecule has 0 unspecified atom stereocenters. The highest BCUT2D eigenvalue weighted by Crippen LogP contribution is 2.18. The average molecular weight is 328 g/mol. The molecule has 1 aromatic rings. The molecule has 0 bridgehead atoms. The van der Waals surface area contributed by atoms with Crippen LogP contribution in [0, 0.1) is 5.92 Å². The van der Waals surface area contributed by atoms with E-state index in [0.717, 1.165) is 10.2 Å². The summed E-state index contributed by atoms with van der Waals surface area (Å²) >= 11 is 3.35. The van der Waals surface area contributed by atoms with Crippen LogP contribution in [-0.2, 0) is 14.3 Å². The normalized spacial score (nSPS) is 13.5. The van der Waals surface area contributed by atoms with Gasteiger partial charge in [0.1, 0.15) is 11.7 Å². The highest BCUT2D eigenvalue weighted by molar-refractivity contribution is 9.10. The van der Waals surface area contributed by atoms with Crippen LogP contribution in [0.3, 0.4) is 0 Å². The number of benzene rings is 1. The van der Waals surface area contributed by atoms with Crippen LogP contribution in [0.5, 0.6) is 0 Å². The number of rotatable bonds is 6. The van der Waals surface area contributed by atoms with Crippen molar-refractivity contribution in [3.05, 3.63) is 28.7 Å². The molecule has 0 saturated heterocycles. The first kappa shape index (κ1) is 15.7. The van der Waals surface area contributed by atoms with Crippen LogP contribution in [0.15, 0.2) is 28.7 Å². The van der Waals surface area contributed by atoms with Crippen LogP contribution < -0.4 is 5.32 Å². The van der Waals surface area contributed by atoms with Gasteiger partial charge < -0.3 is 10.1 Å². The molecule has 0 heterocycles. The molecule has 0 fully saturated rings. The van der Waals surface area contributed by atoms with E-state index in [1.165, 1.54) is 6.92 Å². The standard InChI is InChI=1S/C14H18BrNO3/c1-4-19-14(18)13(10(3)17)9(2)16-12-7-5-11(15)6-8-12/h5-9,13,16H,4H2,1-3H3/t9-,13-/m1/s1. The number of Topliss-reactive ketones (excluding diaryl/α,β-unsaturated/α-hetero) is 1. The summed E-state index contributed by atoms with van der Waals surface area (Å²) in [6.07, 6.45) is 0. The molecule has 4 nitrogen and oxygen atoms in total. The predicted molar refractivity (Wildman–Crippen MR) is 78.0 cm³/mol. The van der Waals surface area contributed by atoms with E-state index in [1.807, 2.05) is 24.3 Å². The van der Waals surface area contributed by atoms with Gasteiger partial charge in [0.2, 0.25) is 0 Å². The topological polar surface area (TPSA) is 55.4 Å². The third-order valence-electron chi connectivity index (χ3n) is 2.72. The first-order chi connectivity index (χ1) is 8.95. The second kappa shape index (κ2) is 7.28. The Morgan fingerprint density at radius 2 is 1.89 bits per heavy atom. The molecular weight excluding hydrogens is 310 g/mol. The lowest BCUT2D eigenvalue weighted by Crippen LogP contribution is -2.38. The number of carbonyl (C=O) groups is 2. The molecule has 1 rings (SSSR count). The summed E-state index contributed by atoms with van der Waals surface area (Å²) in [6.45, 7) is 5.20. The summed E-state index contributed by atoms with van der Waals surface area (Å²) in [5.74, 6) is -1.47. The van der Waals surface area contributed by atoms with E-state index < -0.39 is 11.9 Å². The third-order valence-corrected chi connectivity index (χ3v) is 3.25. The zero-order valence-corrected chi connectivity index (χ0v) is 12.9. The fraction of sp³-hybridized carbons (Fsp3) is 0.429. The van der Waals surface area contributed by atoms with Crippen LogP contribution in [0.1, 0.15) is 20.8 Å². The molecule has 0 aliphatic rings. The highest BCUT2D eigenvalue weighted by atomic mass is 79.9. The van der Waals surface area contributed by atoms with Crippen molar-refractivity contribution in [3.8, 4) is 0 Å². The first-order valence-corrected chi connectivity index (χ1v) is 6.94. The Morgan fingerprint density at radius 1 is 1.32 bits per heavy atom. The van der Waals surface area contributed by atoms with Crippen molar-refractivity contribution >= 4 is 33.4 Å². The average Bonchev–Trinajstić information content (AvgIpc) is 2.32. The van der Waals surface area contributed by atoms with E-state index in [-0.39, 0.29) is 18.4 Å². The third kappa shape index (κ3) is 4.67. The molecule has 1 aromatic carbocycles. The van der Waals surface area contributed by atoms with E-state index in [1.54, 1.807) is 13.8 Å². The minimum atomic E-state index is -0.788. The van der Waals surface area contributed by atoms with Gasteiger partial charge in [0.15, 0.2) is 0 Å². The number of carbonyl (C=O) groups excluding carboxylic acids is 2. The molecule has 0 saturated carbocycles. The number of ketones is 1. The number of nitrogens with one attached hydrogen (secondary N) is 1. The molecule has 0 aliphatic carbocycles. The number of halogens is 1. The Hall–Kier alpha value is -1.36. The number of ether oxygens (including phenoxy) is 1. The van der Waals surface area contributed by atoms with E-state index in [9.17, 15) is 9.59 Å². The van der Waals surface area contributed by atoms with Gasteiger partial charge in [-0.2, -0.15) is 0 Å². The SMILES string of the molecule is CCOC(=O)[C@@H](C(C)=O)[C@@H](C)Nc1ccc(Br)cc1. The minimum Gasteiger partial charge on any atom is -0.465 e. The largest absolute Gasteiger partial charge is 0.465 e. The fourth-order valence-corrected chi connectivity index (χ4v) is 2.11. The smallest absolute Gasteiger partial charge is 0.318 e. The Kier molecular flexibility index (Phi) is 6.02. The van der Waals surface area contributed by atoms with Crippen molar-refractivity contribution in [2.45, 2.75) is 26.8 Å². The Bertz CT molecular complexity index is 445. The molecule has 0 spiro atoms. The van der Waals surface area contributed by atoms with Crippen molar-refractivity contribution in [2.24, 2.45) is 5.92 Å². The summed E-state index contributed by atoms with van der Waals surface area (Å²) < 4.78 is 5.91. The van der Waals surface area contributed by atoms with E-state index in [4.69, 9.17) is 4.74 Å². The van der Waals surface area contributed by atoms with E-state index in [0.29, 0.717) is 0 Å². The van der Waals surface area contributed by atoms with Crippen LogP contribution in [-0.4, -0.2) is 24.4 Å². The molecule has 1 N–H and O–H groups in total. The van der Waals surface area contributed by atoms with Crippen LogP contribution in [0.2, 0.25) is 0 Å². The second-order valence-corrected chi connectivity index (χ2v) is 5.20. The monoisotopic (exact) mass is 327 g/mol. The lowest BCUT2D eigenvalue weighted by atomic mass is 9.97. The molecular formula is C14H18BrNO3. The lowest BCUT2D eigenvalue weighted by molar-refractivity contribution is -0.151. The lowest BCUT2D eigenvalue weighted by Gasteiger charge is -2.22. The molecule has 5 heteroatoms. The Morgan fingerprint density at radius 3 is 2.37 bits per heavy atom. The molecule has 0 aromatic heterocycles. The summed E-state index contributed by atoms with van der Waals surface area (Å²) in [7, 11) is 0. The maximum absolute atomic E-state index is 11.8. The van der Waals surface area contributed by atoms with Gasteiger partial charge in [-0.3, -0.25) is 9.59 Å². The minimum absolute atomic E-state index is 0.199. The molecule has 2 atom stereocenters. The van der Waals surface area contributed by atoms with Crippen molar-refractivity contribution in [1.29, 1.82) is 0 Å². The molecule has 0 amide bonds. The van der Waals surface area contributed by atoms with E-state index in [2.05, 4.69) is 21.2 Å². The summed E-state index contributed by atoms with van der Waals surface area (Å²) in [6, 6.07) is 7.22. The van der Waals surface area contributed by atoms with Gasteiger partial charge in [0.25, 0.3) is 0 Å². The first-order valence-electron chi connectivity index (χ1n) is 6.15. The molecule has 0 radical (unpaired) electrons. The van der Waals surface area contributed by atoms with Gasteiger partial charge in [-0.15, -0.1) is 0 Å². The van der Waals surface area contributed by atoms with Gasteiger partial charge in [0, 0.05) is 16.2 Å². The van der Waals surface area contributed by atoms with E-state index >= 15 is 0 Å². The Balaban J connectivity index is 2.77. The van der Waals surface area contributed by atoms with Gasteiger partial charge in [-0.05, 0) is 45.0 Å². The van der Waals surface area contributed by atoms with Crippen LogP contribution in [0.4, 0.5) is 5.69 Å². The number of esters is 1. The fourth-order valence-electron chi connectivity index (χ4n) is 1.85. The summed E-state index contributed by atoms with van der Waals surface area (Å²) in [5, 5.41) is 3.15. The van der Waals surface area contributed by atoms with Crippen molar-refractivity contribution in [1.82, 2.24) is 0 Å². The second-order valence-electron chi connectivity index (χ2n) is 4.28. The molecule has 0 aliphatic heterocycles. The zero-order chi connectivity index (χ0) is 14.4. The highest BCUT2D eigenvalue weighted by Gasteiger charge is 2.30. The maximum atomic E-state index is 11.8. The molecule has 19 heavy (non-hydrogen) atoms. The Labute approximate surface area is 121 Å². The predicted octanol–water partition coefficient (Wildman–Crippen LogP) is 3.02. The number of anilines is 1. The van der Waals surface area contributed by atoms with Crippen molar-refractivity contribution in [3.63, 3.8) is 0 Å². The van der Waals surface area contributed by atoms with Gasteiger partial charge >= 0.3 is 5.97 Å².